The molecule has 1 aliphatic rings. The third kappa shape index (κ3) is 5.01. The maximum absolute atomic E-state index is 10.1. The summed E-state index contributed by atoms with van der Waals surface area (Å²) in [5.74, 6) is 1.41. The minimum atomic E-state index is -0.393. The summed E-state index contributed by atoms with van der Waals surface area (Å²) in [6, 6.07) is 8.90. The molecule has 1 saturated carbocycles. The zero-order valence-electron chi connectivity index (χ0n) is 13.4. The maximum atomic E-state index is 10.1. The molecule has 1 fully saturated rings. The fourth-order valence-electron chi connectivity index (χ4n) is 3.04. The molecule has 0 unspecified atom stereocenters. The lowest BCUT2D eigenvalue weighted by molar-refractivity contribution is -0.693. The summed E-state index contributed by atoms with van der Waals surface area (Å²) in [5, 5.41) is 12.4. The van der Waals surface area contributed by atoms with E-state index in [0.29, 0.717) is 18.6 Å². The van der Waals surface area contributed by atoms with Crippen LogP contribution in [0.3, 0.4) is 0 Å². The molecule has 3 heteroatoms. The first-order valence-corrected chi connectivity index (χ1v) is 8.43. The molecule has 118 valence electrons. The predicted octanol–water partition coefficient (Wildman–Crippen LogP) is 2.45. The summed E-state index contributed by atoms with van der Waals surface area (Å²) in [6.45, 7) is 5.53. The SMILES string of the molecule is CC[C@H](C)c1ccccc1OC[C@H](O)C[NH2+]C1CCCC1. The van der Waals surface area contributed by atoms with Crippen molar-refractivity contribution in [3.63, 3.8) is 0 Å². The normalized spacial score (nSPS) is 18.6. The molecule has 0 amide bonds. The van der Waals surface area contributed by atoms with Crippen molar-refractivity contribution < 1.29 is 15.2 Å². The van der Waals surface area contributed by atoms with Gasteiger partial charge in [0.15, 0.2) is 0 Å². The van der Waals surface area contributed by atoms with E-state index in [4.69, 9.17) is 4.74 Å². The summed E-state index contributed by atoms with van der Waals surface area (Å²) in [6.07, 6.45) is 5.98. The first-order chi connectivity index (χ1) is 10.2. The van der Waals surface area contributed by atoms with Crippen LogP contribution < -0.4 is 10.1 Å². The molecule has 2 rings (SSSR count). The third-order valence-electron chi connectivity index (χ3n) is 4.63. The lowest BCUT2D eigenvalue weighted by Gasteiger charge is -2.18. The van der Waals surface area contributed by atoms with Crippen LogP contribution in [0.5, 0.6) is 5.75 Å². The Hall–Kier alpha value is -1.06. The van der Waals surface area contributed by atoms with Crippen LogP contribution in [0.2, 0.25) is 0 Å². The molecule has 1 aliphatic carbocycles. The topological polar surface area (TPSA) is 46.1 Å². The highest BCUT2D eigenvalue weighted by Gasteiger charge is 2.19. The molecule has 0 radical (unpaired) electrons. The van der Waals surface area contributed by atoms with Gasteiger partial charge in [0, 0.05) is 0 Å². The van der Waals surface area contributed by atoms with Gasteiger partial charge in [0.1, 0.15) is 25.0 Å². The molecule has 0 spiro atoms. The summed E-state index contributed by atoms with van der Waals surface area (Å²) in [7, 11) is 0. The molecule has 3 N–H and O–H groups in total. The molecule has 0 bridgehead atoms. The molecule has 21 heavy (non-hydrogen) atoms. The maximum Gasteiger partial charge on any atom is 0.137 e. The number of aliphatic hydroxyl groups is 1. The van der Waals surface area contributed by atoms with Gasteiger partial charge in [0.25, 0.3) is 0 Å². The van der Waals surface area contributed by atoms with E-state index >= 15 is 0 Å². The van der Waals surface area contributed by atoms with Crippen molar-refractivity contribution in [2.24, 2.45) is 0 Å². The zero-order chi connectivity index (χ0) is 15.1. The van der Waals surface area contributed by atoms with Gasteiger partial charge in [-0.15, -0.1) is 0 Å². The number of para-hydroxylation sites is 1. The average molecular weight is 292 g/mol. The third-order valence-corrected chi connectivity index (χ3v) is 4.63. The number of quaternary nitrogens is 1. The standard InChI is InChI=1S/C18H29NO2/c1-3-14(2)17-10-6-7-11-18(17)21-13-16(20)12-19-15-8-4-5-9-15/h6-7,10-11,14-16,19-20H,3-5,8-9,12-13H2,1-2H3/p+1/t14-,16+/m0/s1. The second kappa shape index (κ2) is 8.40. The van der Waals surface area contributed by atoms with Gasteiger partial charge in [-0.05, 0) is 49.7 Å². The largest absolute Gasteiger partial charge is 0.490 e. The Kier molecular flexibility index (Phi) is 6.52. The number of rotatable bonds is 8. The minimum Gasteiger partial charge on any atom is -0.490 e. The van der Waals surface area contributed by atoms with Crippen molar-refractivity contribution in [2.75, 3.05) is 13.2 Å². The summed E-state index contributed by atoms with van der Waals surface area (Å²) < 4.78 is 5.87. The summed E-state index contributed by atoms with van der Waals surface area (Å²) in [5.41, 5.74) is 1.24. The second-order valence-corrected chi connectivity index (χ2v) is 6.33. The highest BCUT2D eigenvalue weighted by atomic mass is 16.5. The van der Waals surface area contributed by atoms with Gasteiger partial charge in [-0.3, -0.25) is 0 Å². The van der Waals surface area contributed by atoms with E-state index in [9.17, 15) is 5.11 Å². The summed E-state index contributed by atoms with van der Waals surface area (Å²) in [4.78, 5) is 0. The molecule has 1 aromatic carbocycles. The van der Waals surface area contributed by atoms with Crippen molar-refractivity contribution in [2.45, 2.75) is 64.0 Å². The van der Waals surface area contributed by atoms with Gasteiger partial charge in [-0.2, -0.15) is 0 Å². The van der Waals surface area contributed by atoms with Gasteiger partial charge in [-0.1, -0.05) is 32.0 Å². The Labute approximate surface area is 128 Å². The average Bonchev–Trinajstić information content (AvgIpc) is 3.04. The van der Waals surface area contributed by atoms with Gasteiger partial charge >= 0.3 is 0 Å². The quantitative estimate of drug-likeness (QED) is 0.773. The van der Waals surface area contributed by atoms with Gasteiger partial charge < -0.3 is 15.2 Å². The fourth-order valence-corrected chi connectivity index (χ4v) is 3.04. The number of benzene rings is 1. The monoisotopic (exact) mass is 292 g/mol. The van der Waals surface area contributed by atoms with Crippen LogP contribution in [0, 0.1) is 0 Å². The van der Waals surface area contributed by atoms with Gasteiger partial charge in [0.2, 0.25) is 0 Å². The molecule has 2 atom stereocenters. The lowest BCUT2D eigenvalue weighted by Crippen LogP contribution is -2.91. The second-order valence-electron chi connectivity index (χ2n) is 6.33. The highest BCUT2D eigenvalue weighted by Crippen LogP contribution is 2.28. The molecular weight excluding hydrogens is 262 g/mol. The van der Waals surface area contributed by atoms with Gasteiger partial charge in [0.05, 0.1) is 6.04 Å². The van der Waals surface area contributed by atoms with E-state index < -0.39 is 6.10 Å². The molecular formula is C18H30NO2+. The van der Waals surface area contributed by atoms with Crippen molar-refractivity contribution in [1.29, 1.82) is 0 Å². The Balaban J connectivity index is 1.79. The Morgan fingerprint density at radius 1 is 1.29 bits per heavy atom. The van der Waals surface area contributed by atoms with Crippen LogP contribution in [0.1, 0.15) is 57.4 Å². The van der Waals surface area contributed by atoms with Crippen molar-refractivity contribution >= 4 is 0 Å². The number of nitrogens with two attached hydrogens (primary N) is 1. The van der Waals surface area contributed by atoms with Crippen LogP contribution in [0.25, 0.3) is 0 Å². The molecule has 0 aliphatic heterocycles. The van der Waals surface area contributed by atoms with E-state index in [1.54, 1.807) is 0 Å². The van der Waals surface area contributed by atoms with Crippen molar-refractivity contribution in [1.82, 2.24) is 0 Å². The van der Waals surface area contributed by atoms with Crippen molar-refractivity contribution in [3.8, 4) is 5.75 Å². The van der Waals surface area contributed by atoms with Crippen LogP contribution in [0.4, 0.5) is 0 Å². The first kappa shape index (κ1) is 16.3. The smallest absolute Gasteiger partial charge is 0.137 e. The molecule has 0 saturated heterocycles. The number of aliphatic hydroxyl groups excluding tert-OH is 1. The molecule has 0 aromatic heterocycles. The number of ether oxygens (including phenoxy) is 1. The van der Waals surface area contributed by atoms with Crippen LogP contribution >= 0.6 is 0 Å². The lowest BCUT2D eigenvalue weighted by atomic mass is 9.98. The van der Waals surface area contributed by atoms with Crippen LogP contribution in [0.15, 0.2) is 24.3 Å². The van der Waals surface area contributed by atoms with Crippen molar-refractivity contribution in [3.05, 3.63) is 29.8 Å². The van der Waals surface area contributed by atoms with E-state index in [1.165, 1.54) is 31.2 Å². The van der Waals surface area contributed by atoms with Crippen LogP contribution in [-0.4, -0.2) is 30.4 Å². The Bertz CT molecular complexity index is 415. The number of hydrogen-bond donors (Lipinski definition) is 2. The number of hydrogen-bond acceptors (Lipinski definition) is 2. The Morgan fingerprint density at radius 3 is 2.71 bits per heavy atom. The molecule has 0 heterocycles. The molecule has 1 aromatic rings. The highest BCUT2D eigenvalue weighted by molar-refractivity contribution is 5.35. The van der Waals surface area contributed by atoms with E-state index in [2.05, 4.69) is 31.3 Å². The summed E-state index contributed by atoms with van der Waals surface area (Å²) >= 11 is 0. The fraction of sp³-hybridized carbons (Fsp3) is 0.667. The Morgan fingerprint density at radius 2 is 2.00 bits per heavy atom. The van der Waals surface area contributed by atoms with Gasteiger partial charge in [-0.25, -0.2) is 0 Å². The predicted molar refractivity (Wildman–Crippen MR) is 85.7 cm³/mol. The zero-order valence-corrected chi connectivity index (χ0v) is 13.4. The molecule has 3 nitrogen and oxygen atoms in total. The minimum absolute atomic E-state index is 0.386. The van der Waals surface area contributed by atoms with E-state index in [-0.39, 0.29) is 0 Å². The first-order valence-electron chi connectivity index (χ1n) is 8.43. The van der Waals surface area contributed by atoms with E-state index in [0.717, 1.165) is 18.7 Å². The van der Waals surface area contributed by atoms with E-state index in [1.807, 2.05) is 12.1 Å². The van der Waals surface area contributed by atoms with Crippen LogP contribution in [-0.2, 0) is 0 Å².